The monoisotopic (exact) mass is 435 g/mol. The number of carboxylic acid groups (broad SMARTS) is 1. The van der Waals surface area contributed by atoms with Gasteiger partial charge in [0, 0.05) is 50.3 Å². The third-order valence-electron chi connectivity index (χ3n) is 7.32. The Balaban J connectivity index is 1.39. The molecule has 1 aliphatic carbocycles. The molecule has 1 saturated carbocycles. The third kappa shape index (κ3) is 5.51. The van der Waals surface area contributed by atoms with Crippen molar-refractivity contribution >= 4 is 6.09 Å². The molecule has 2 aromatic carbocycles. The SMILES string of the molecule is CC1CN(C2CCC(N(Cc3ccccc3)Cc3ccccc3)CC2)CC(C)N1C(=O)O. The van der Waals surface area contributed by atoms with Crippen LogP contribution in [0, 0.1) is 0 Å². The van der Waals surface area contributed by atoms with Gasteiger partial charge < -0.3 is 10.0 Å². The molecule has 0 radical (unpaired) electrons. The fourth-order valence-corrected chi connectivity index (χ4v) is 5.78. The third-order valence-corrected chi connectivity index (χ3v) is 7.32. The summed E-state index contributed by atoms with van der Waals surface area (Å²) in [6, 6.07) is 22.9. The molecule has 1 N–H and O–H groups in total. The molecule has 172 valence electrons. The van der Waals surface area contributed by atoms with Gasteiger partial charge in [0.25, 0.3) is 0 Å². The summed E-state index contributed by atoms with van der Waals surface area (Å²) in [4.78, 5) is 18.4. The minimum Gasteiger partial charge on any atom is -0.465 e. The van der Waals surface area contributed by atoms with Crippen LogP contribution in [0.1, 0.15) is 50.7 Å². The molecular weight excluding hydrogens is 398 g/mol. The Labute approximate surface area is 192 Å². The van der Waals surface area contributed by atoms with Gasteiger partial charge in [0.15, 0.2) is 0 Å². The van der Waals surface area contributed by atoms with Crippen molar-refractivity contribution in [3.05, 3.63) is 71.8 Å². The van der Waals surface area contributed by atoms with Crippen LogP contribution in [0.3, 0.4) is 0 Å². The van der Waals surface area contributed by atoms with Crippen LogP contribution in [0.2, 0.25) is 0 Å². The predicted octanol–water partition coefficient (Wildman–Crippen LogP) is 5.07. The zero-order valence-electron chi connectivity index (χ0n) is 19.4. The van der Waals surface area contributed by atoms with Crippen molar-refractivity contribution < 1.29 is 9.90 Å². The lowest BCUT2D eigenvalue weighted by molar-refractivity contribution is 0.00530. The Hall–Kier alpha value is -2.37. The first kappa shape index (κ1) is 22.8. The molecule has 5 heteroatoms. The van der Waals surface area contributed by atoms with Crippen molar-refractivity contribution in [2.45, 2.75) is 76.8 Å². The van der Waals surface area contributed by atoms with Gasteiger partial charge in [-0.25, -0.2) is 4.79 Å². The first-order valence-electron chi connectivity index (χ1n) is 12.1. The van der Waals surface area contributed by atoms with Gasteiger partial charge in [0.1, 0.15) is 0 Å². The largest absolute Gasteiger partial charge is 0.465 e. The second-order valence-corrected chi connectivity index (χ2v) is 9.68. The van der Waals surface area contributed by atoms with E-state index in [1.165, 1.54) is 36.8 Å². The summed E-state index contributed by atoms with van der Waals surface area (Å²) < 4.78 is 0. The Kier molecular flexibility index (Phi) is 7.48. The zero-order valence-corrected chi connectivity index (χ0v) is 19.4. The van der Waals surface area contributed by atoms with Gasteiger partial charge in [-0.05, 0) is 50.7 Å². The average molecular weight is 436 g/mol. The molecule has 4 rings (SSSR count). The summed E-state index contributed by atoms with van der Waals surface area (Å²) in [5, 5.41) is 9.52. The molecule has 0 bridgehead atoms. The zero-order chi connectivity index (χ0) is 22.5. The number of carbonyl (C=O) groups is 1. The van der Waals surface area contributed by atoms with Crippen LogP contribution in [-0.2, 0) is 13.1 Å². The first-order chi connectivity index (χ1) is 15.5. The molecule has 2 atom stereocenters. The van der Waals surface area contributed by atoms with Gasteiger partial charge in [0.05, 0.1) is 0 Å². The van der Waals surface area contributed by atoms with E-state index in [0.717, 1.165) is 26.2 Å². The number of rotatable bonds is 6. The van der Waals surface area contributed by atoms with Crippen LogP contribution in [0.4, 0.5) is 4.79 Å². The molecule has 2 aliphatic rings. The number of piperazine rings is 1. The van der Waals surface area contributed by atoms with Gasteiger partial charge in [-0.15, -0.1) is 0 Å². The van der Waals surface area contributed by atoms with E-state index in [1.807, 2.05) is 13.8 Å². The Morgan fingerprint density at radius 1 is 0.844 bits per heavy atom. The number of benzene rings is 2. The summed E-state index contributed by atoms with van der Waals surface area (Å²) in [6.45, 7) is 7.76. The number of nitrogens with zero attached hydrogens (tertiary/aromatic N) is 3. The van der Waals surface area contributed by atoms with Crippen LogP contribution in [0.15, 0.2) is 60.7 Å². The Morgan fingerprint density at radius 3 is 1.75 bits per heavy atom. The highest BCUT2D eigenvalue weighted by atomic mass is 16.4. The van der Waals surface area contributed by atoms with E-state index in [-0.39, 0.29) is 12.1 Å². The summed E-state index contributed by atoms with van der Waals surface area (Å²) in [5.41, 5.74) is 2.75. The normalized spacial score (nSPS) is 26.9. The molecule has 0 aromatic heterocycles. The van der Waals surface area contributed by atoms with Crippen LogP contribution in [0.25, 0.3) is 0 Å². The predicted molar refractivity (Wildman–Crippen MR) is 129 cm³/mol. The van der Waals surface area contributed by atoms with Crippen LogP contribution in [-0.4, -0.2) is 63.2 Å². The molecule has 2 fully saturated rings. The maximum atomic E-state index is 11.6. The lowest BCUT2D eigenvalue weighted by atomic mass is 9.87. The molecule has 5 nitrogen and oxygen atoms in total. The number of amides is 1. The van der Waals surface area contributed by atoms with Gasteiger partial charge in [-0.1, -0.05) is 60.7 Å². The highest BCUT2D eigenvalue weighted by molar-refractivity contribution is 5.66. The summed E-state index contributed by atoms with van der Waals surface area (Å²) >= 11 is 0. The molecule has 1 amide bonds. The smallest absolute Gasteiger partial charge is 0.407 e. The van der Waals surface area contributed by atoms with Crippen molar-refractivity contribution in [2.24, 2.45) is 0 Å². The molecule has 2 unspecified atom stereocenters. The molecule has 1 heterocycles. The summed E-state index contributed by atoms with van der Waals surface area (Å²) in [7, 11) is 0. The summed E-state index contributed by atoms with van der Waals surface area (Å²) in [5.74, 6) is 0. The molecular formula is C27H37N3O2. The standard InChI is InChI=1S/C27H37N3O2/c1-21-17-28(18-22(2)30(21)27(31)32)25-13-15-26(16-14-25)29(19-23-9-5-3-6-10-23)20-24-11-7-4-8-12-24/h3-12,21-22,25-26H,13-20H2,1-2H3,(H,31,32). The second-order valence-electron chi connectivity index (χ2n) is 9.68. The fourth-order valence-electron chi connectivity index (χ4n) is 5.78. The van der Waals surface area contributed by atoms with Crippen LogP contribution < -0.4 is 0 Å². The van der Waals surface area contributed by atoms with E-state index in [9.17, 15) is 9.90 Å². The maximum absolute atomic E-state index is 11.6. The molecule has 32 heavy (non-hydrogen) atoms. The van der Waals surface area contributed by atoms with Crippen molar-refractivity contribution in [3.63, 3.8) is 0 Å². The fraction of sp³-hybridized carbons (Fsp3) is 0.519. The number of hydrogen-bond donors (Lipinski definition) is 1. The first-order valence-corrected chi connectivity index (χ1v) is 12.1. The molecule has 2 aromatic rings. The quantitative estimate of drug-likeness (QED) is 0.688. The topological polar surface area (TPSA) is 47.0 Å². The highest BCUT2D eigenvalue weighted by Gasteiger charge is 2.37. The minimum absolute atomic E-state index is 0.0571. The average Bonchev–Trinajstić information content (AvgIpc) is 2.79. The maximum Gasteiger partial charge on any atom is 0.407 e. The van der Waals surface area contributed by atoms with Crippen molar-refractivity contribution in [1.82, 2.24) is 14.7 Å². The minimum atomic E-state index is -0.786. The Bertz CT molecular complexity index is 798. The van der Waals surface area contributed by atoms with Crippen molar-refractivity contribution in [3.8, 4) is 0 Å². The van der Waals surface area contributed by atoms with Gasteiger partial charge >= 0.3 is 6.09 Å². The van der Waals surface area contributed by atoms with E-state index < -0.39 is 6.09 Å². The van der Waals surface area contributed by atoms with E-state index in [0.29, 0.717) is 12.1 Å². The second kappa shape index (κ2) is 10.5. The van der Waals surface area contributed by atoms with Gasteiger partial charge in [0.2, 0.25) is 0 Å². The highest BCUT2D eigenvalue weighted by Crippen LogP contribution is 2.31. The lowest BCUT2D eigenvalue weighted by Gasteiger charge is -2.48. The van der Waals surface area contributed by atoms with Gasteiger partial charge in [-0.3, -0.25) is 9.80 Å². The van der Waals surface area contributed by atoms with Crippen LogP contribution in [0.5, 0.6) is 0 Å². The molecule has 1 aliphatic heterocycles. The molecule has 0 spiro atoms. The van der Waals surface area contributed by atoms with Crippen LogP contribution >= 0.6 is 0 Å². The molecule has 1 saturated heterocycles. The van der Waals surface area contributed by atoms with E-state index in [1.54, 1.807) is 4.90 Å². The van der Waals surface area contributed by atoms with Gasteiger partial charge in [-0.2, -0.15) is 0 Å². The number of hydrogen-bond acceptors (Lipinski definition) is 3. The van der Waals surface area contributed by atoms with Crippen molar-refractivity contribution in [2.75, 3.05) is 13.1 Å². The lowest BCUT2D eigenvalue weighted by Crippen LogP contribution is -2.60. The van der Waals surface area contributed by atoms with Crippen molar-refractivity contribution in [1.29, 1.82) is 0 Å². The summed E-state index contributed by atoms with van der Waals surface area (Å²) in [6.07, 6.45) is 4.00. The van der Waals surface area contributed by atoms with E-state index >= 15 is 0 Å². The van der Waals surface area contributed by atoms with E-state index in [2.05, 4.69) is 70.5 Å². The Morgan fingerprint density at radius 2 is 1.31 bits per heavy atom. The van der Waals surface area contributed by atoms with E-state index in [4.69, 9.17) is 0 Å².